The van der Waals surface area contributed by atoms with E-state index in [9.17, 15) is 14.7 Å². The van der Waals surface area contributed by atoms with E-state index in [1.54, 1.807) is 17.0 Å². The number of hydrogen-bond donors (Lipinski definition) is 2. The van der Waals surface area contributed by atoms with E-state index in [0.717, 1.165) is 30.4 Å². The number of benzene rings is 4. The zero-order valence-electron chi connectivity index (χ0n) is 21.8. The number of ether oxygens (including phenoxy) is 1. The maximum atomic E-state index is 13.6. The van der Waals surface area contributed by atoms with Crippen LogP contribution in [0.2, 0.25) is 0 Å². The number of aliphatic hydroxyl groups is 1. The number of carboxylic acid groups (broad SMARTS) is 1. The highest BCUT2D eigenvalue weighted by Gasteiger charge is 2.38. The average molecular weight is 524 g/mol. The van der Waals surface area contributed by atoms with E-state index in [1.807, 2.05) is 48.5 Å². The fraction of sp³-hybridized carbons (Fsp3) is 0.273. The zero-order valence-corrected chi connectivity index (χ0v) is 21.8. The molecule has 2 N–H and O–H groups in total. The molecule has 1 atom stereocenters. The molecule has 1 aliphatic rings. The lowest BCUT2D eigenvalue weighted by Gasteiger charge is -2.29. The average Bonchev–Trinajstić information content (AvgIpc) is 3.80. The Kier molecular flexibility index (Phi) is 8.23. The number of aliphatic carboxylic acids is 1. The van der Waals surface area contributed by atoms with Crippen LogP contribution in [0, 0.1) is 0 Å². The molecule has 0 bridgehead atoms. The van der Waals surface area contributed by atoms with E-state index >= 15 is 0 Å². The number of hydrogen-bond acceptors (Lipinski definition) is 4. The minimum atomic E-state index is -1.13. The summed E-state index contributed by atoms with van der Waals surface area (Å²) in [6, 6.07) is 29.4. The number of rotatable bonds is 12. The van der Waals surface area contributed by atoms with Gasteiger partial charge in [0.05, 0.1) is 6.61 Å². The van der Waals surface area contributed by atoms with E-state index in [2.05, 4.69) is 30.3 Å². The van der Waals surface area contributed by atoms with Crippen LogP contribution in [0.4, 0.5) is 0 Å². The first-order valence-electron chi connectivity index (χ1n) is 13.5. The quantitative estimate of drug-likeness (QED) is 0.157. The third-order valence-electron chi connectivity index (χ3n) is 7.14. The van der Waals surface area contributed by atoms with Gasteiger partial charge in [-0.1, -0.05) is 66.7 Å². The molecule has 200 valence electrons. The topological polar surface area (TPSA) is 87.1 Å². The number of carbonyl (C=O) groups is 2. The number of aliphatic hydroxyl groups excluding tert-OH is 1. The second kappa shape index (κ2) is 12.1. The number of carbonyl (C=O) groups excluding carboxylic acids is 1. The molecule has 0 aliphatic heterocycles. The lowest BCUT2D eigenvalue weighted by molar-refractivity contribution is -0.137. The summed E-state index contributed by atoms with van der Waals surface area (Å²) in [6.07, 6.45) is 2.79. The summed E-state index contributed by atoms with van der Waals surface area (Å²) in [5, 5.41) is 22.5. The molecule has 4 aromatic carbocycles. The van der Waals surface area contributed by atoms with Gasteiger partial charge in [0, 0.05) is 23.6 Å². The maximum absolute atomic E-state index is 13.6. The molecule has 5 rings (SSSR count). The largest absolute Gasteiger partial charge is 0.493 e. The molecule has 6 nitrogen and oxygen atoms in total. The number of carboxylic acids is 1. The molecular weight excluding hydrogens is 490 g/mol. The molecule has 6 heteroatoms. The molecule has 0 spiro atoms. The summed E-state index contributed by atoms with van der Waals surface area (Å²) >= 11 is 0. The number of unbranched alkanes of at least 4 members (excludes halogenated alkanes) is 2. The summed E-state index contributed by atoms with van der Waals surface area (Å²) in [7, 11) is 0. The summed E-state index contributed by atoms with van der Waals surface area (Å²) in [5.74, 6) is -0.468. The van der Waals surface area contributed by atoms with Gasteiger partial charge in [-0.05, 0) is 78.3 Å². The Labute approximate surface area is 228 Å². The monoisotopic (exact) mass is 523 g/mol. The van der Waals surface area contributed by atoms with Crippen molar-refractivity contribution in [2.24, 2.45) is 0 Å². The number of nitrogens with zero attached hydrogens (tertiary/aromatic N) is 1. The Morgan fingerprint density at radius 3 is 2.26 bits per heavy atom. The van der Waals surface area contributed by atoms with Gasteiger partial charge in [-0.15, -0.1) is 0 Å². The normalized spacial score (nSPS) is 13.7. The van der Waals surface area contributed by atoms with E-state index in [0.29, 0.717) is 36.3 Å². The van der Waals surface area contributed by atoms with Gasteiger partial charge in [-0.25, -0.2) is 0 Å². The van der Waals surface area contributed by atoms with Crippen molar-refractivity contribution in [2.75, 3.05) is 6.61 Å². The molecular formula is C33H33NO5. The predicted octanol–water partition coefficient (Wildman–Crippen LogP) is 6.83. The summed E-state index contributed by atoms with van der Waals surface area (Å²) in [6.45, 7) is 0.414. The second-order valence-corrected chi connectivity index (χ2v) is 10.0. The lowest BCUT2D eigenvalue weighted by Crippen LogP contribution is -2.37. The van der Waals surface area contributed by atoms with E-state index in [-0.39, 0.29) is 18.4 Å². The van der Waals surface area contributed by atoms with Crippen LogP contribution in [0.5, 0.6) is 5.75 Å². The van der Waals surface area contributed by atoms with E-state index in [1.165, 1.54) is 10.8 Å². The molecule has 4 aromatic rings. The van der Waals surface area contributed by atoms with Gasteiger partial charge >= 0.3 is 5.97 Å². The minimum absolute atomic E-state index is 0.0169. The fourth-order valence-electron chi connectivity index (χ4n) is 4.86. The third-order valence-corrected chi connectivity index (χ3v) is 7.14. The summed E-state index contributed by atoms with van der Waals surface area (Å²) in [5.41, 5.74) is 3.19. The van der Waals surface area contributed by atoms with Crippen molar-refractivity contribution in [3.05, 3.63) is 102 Å². The molecule has 1 aliphatic carbocycles. The van der Waals surface area contributed by atoms with Gasteiger partial charge in [0.25, 0.3) is 5.91 Å². The molecule has 0 aromatic heterocycles. The number of fused-ring (bicyclic) bond motifs is 1. The van der Waals surface area contributed by atoms with Crippen molar-refractivity contribution in [2.45, 2.75) is 50.8 Å². The first-order chi connectivity index (χ1) is 19.0. The molecule has 39 heavy (non-hydrogen) atoms. The number of para-hydroxylation sites is 1. The van der Waals surface area contributed by atoms with Gasteiger partial charge in [0.2, 0.25) is 0 Å². The van der Waals surface area contributed by atoms with Crippen LogP contribution in [-0.4, -0.2) is 39.6 Å². The van der Waals surface area contributed by atoms with Crippen LogP contribution in [0.3, 0.4) is 0 Å². The van der Waals surface area contributed by atoms with Crippen molar-refractivity contribution in [3.8, 4) is 16.9 Å². The highest BCUT2D eigenvalue weighted by Crippen LogP contribution is 2.37. The Hall–Kier alpha value is -4.16. The van der Waals surface area contributed by atoms with Gasteiger partial charge in [-0.2, -0.15) is 0 Å². The van der Waals surface area contributed by atoms with E-state index in [4.69, 9.17) is 9.84 Å². The molecule has 0 radical (unpaired) electrons. The van der Waals surface area contributed by atoms with Gasteiger partial charge in [0.15, 0.2) is 6.23 Å². The van der Waals surface area contributed by atoms with Crippen LogP contribution in [0.25, 0.3) is 21.9 Å². The van der Waals surface area contributed by atoms with E-state index < -0.39 is 12.2 Å². The zero-order chi connectivity index (χ0) is 27.2. The van der Waals surface area contributed by atoms with Crippen molar-refractivity contribution in [1.29, 1.82) is 0 Å². The SMILES string of the molecule is O=C(O)CCCCCOc1ccccc1C(O)N(C(=O)c1ccc(-c2ccc3ccccc3c2)cc1)C1CC1. The fourth-order valence-corrected chi connectivity index (χ4v) is 4.86. The highest BCUT2D eigenvalue weighted by molar-refractivity contribution is 5.95. The van der Waals surface area contributed by atoms with Crippen LogP contribution in [0.15, 0.2) is 91.0 Å². The Bertz CT molecular complexity index is 1440. The molecule has 1 amide bonds. The van der Waals surface area contributed by atoms with Crippen LogP contribution >= 0.6 is 0 Å². The first-order valence-corrected chi connectivity index (χ1v) is 13.5. The maximum Gasteiger partial charge on any atom is 0.303 e. The molecule has 1 fully saturated rings. The first kappa shape index (κ1) is 26.4. The Balaban J connectivity index is 1.29. The third kappa shape index (κ3) is 6.47. The summed E-state index contributed by atoms with van der Waals surface area (Å²) < 4.78 is 5.95. The Morgan fingerprint density at radius 1 is 0.821 bits per heavy atom. The number of amides is 1. The molecule has 0 heterocycles. The van der Waals surface area contributed by atoms with Gasteiger partial charge < -0.3 is 19.8 Å². The van der Waals surface area contributed by atoms with Crippen LogP contribution < -0.4 is 4.74 Å². The Morgan fingerprint density at radius 2 is 1.51 bits per heavy atom. The van der Waals surface area contributed by atoms with Gasteiger partial charge in [0.1, 0.15) is 5.75 Å². The van der Waals surface area contributed by atoms with Crippen molar-refractivity contribution < 1.29 is 24.5 Å². The molecule has 0 saturated heterocycles. The van der Waals surface area contributed by atoms with Crippen molar-refractivity contribution in [3.63, 3.8) is 0 Å². The van der Waals surface area contributed by atoms with Crippen molar-refractivity contribution in [1.82, 2.24) is 4.90 Å². The highest BCUT2D eigenvalue weighted by atomic mass is 16.5. The molecule has 1 saturated carbocycles. The standard InChI is InChI=1S/C33H33NO5/c35-31(36)12-2-1-7-21-39-30-11-6-5-10-29(30)33(38)34(28-19-20-28)32(37)25-16-13-24(14-17-25)27-18-15-23-8-3-4-9-26(23)22-27/h3-6,8-11,13-18,22,28,33,38H,1-2,7,12,19-21H2,(H,35,36). The molecule has 1 unspecified atom stereocenters. The van der Waals surface area contributed by atoms with Crippen LogP contribution in [0.1, 0.15) is 60.7 Å². The smallest absolute Gasteiger partial charge is 0.303 e. The van der Waals surface area contributed by atoms with Crippen LogP contribution in [-0.2, 0) is 4.79 Å². The lowest BCUT2D eigenvalue weighted by atomic mass is 10.00. The predicted molar refractivity (Wildman–Crippen MR) is 152 cm³/mol. The van der Waals surface area contributed by atoms with Crippen molar-refractivity contribution >= 4 is 22.6 Å². The van der Waals surface area contributed by atoms with Gasteiger partial charge in [-0.3, -0.25) is 9.59 Å². The minimum Gasteiger partial charge on any atom is -0.493 e. The summed E-state index contributed by atoms with van der Waals surface area (Å²) in [4.78, 5) is 25.9. The second-order valence-electron chi connectivity index (χ2n) is 10.0.